The number of aromatic nitrogens is 2. The number of imidazole rings is 1. The molecule has 2 aromatic heterocycles. The monoisotopic (exact) mass is 308 g/mol. The third-order valence-electron chi connectivity index (χ3n) is 4.37. The molecular weight excluding hydrogens is 288 g/mol. The van der Waals surface area contributed by atoms with Crippen molar-refractivity contribution in [2.24, 2.45) is 0 Å². The Bertz CT molecular complexity index is 923. The minimum atomic E-state index is -0.322. The van der Waals surface area contributed by atoms with Crippen LogP contribution in [0.15, 0.2) is 30.5 Å². The summed E-state index contributed by atoms with van der Waals surface area (Å²) in [6.07, 6.45) is 2.12. The average molecular weight is 308 g/mol. The summed E-state index contributed by atoms with van der Waals surface area (Å²) in [6, 6.07) is 7.68. The first-order valence-electron chi connectivity index (χ1n) is 7.57. The molecule has 23 heavy (non-hydrogen) atoms. The highest BCUT2D eigenvalue weighted by molar-refractivity contribution is 5.90. The third kappa shape index (κ3) is 2.50. The van der Waals surface area contributed by atoms with E-state index in [2.05, 4.69) is 37.4 Å². The number of methoxy groups -OCH3 is 1. The maximum atomic E-state index is 11.7. The lowest BCUT2D eigenvalue weighted by molar-refractivity contribution is 0.0600. The number of nitrogens with zero attached hydrogens (tertiary/aromatic N) is 2. The molecule has 4 heteroatoms. The van der Waals surface area contributed by atoms with Crippen LogP contribution in [0.4, 0.5) is 0 Å². The van der Waals surface area contributed by atoms with Crippen LogP contribution in [0.1, 0.15) is 32.7 Å². The second-order valence-electron chi connectivity index (χ2n) is 5.93. The zero-order valence-electron chi connectivity index (χ0n) is 14.1. The number of ether oxygens (including phenoxy) is 1. The van der Waals surface area contributed by atoms with Crippen LogP contribution in [0, 0.1) is 27.7 Å². The van der Waals surface area contributed by atoms with Gasteiger partial charge in [0.2, 0.25) is 0 Å². The van der Waals surface area contributed by atoms with Crippen molar-refractivity contribution in [1.82, 2.24) is 9.38 Å². The second-order valence-corrected chi connectivity index (χ2v) is 5.93. The zero-order valence-corrected chi connectivity index (χ0v) is 14.1. The van der Waals surface area contributed by atoms with Gasteiger partial charge in [0.05, 0.1) is 18.4 Å². The fraction of sp³-hybridized carbons (Fsp3) is 0.263. The normalized spacial score (nSPS) is 11.0. The molecule has 0 spiro atoms. The highest BCUT2D eigenvalue weighted by Gasteiger charge is 2.15. The summed E-state index contributed by atoms with van der Waals surface area (Å²) in [4.78, 5) is 16.4. The van der Waals surface area contributed by atoms with E-state index in [0.717, 1.165) is 28.2 Å². The Morgan fingerprint density at radius 1 is 1.04 bits per heavy atom. The molecule has 0 N–H and O–H groups in total. The number of hydrogen-bond acceptors (Lipinski definition) is 3. The third-order valence-corrected chi connectivity index (χ3v) is 4.37. The van der Waals surface area contributed by atoms with Crippen LogP contribution in [-0.2, 0) is 4.74 Å². The van der Waals surface area contributed by atoms with Crippen LogP contribution in [0.3, 0.4) is 0 Å². The minimum Gasteiger partial charge on any atom is -0.465 e. The molecule has 0 aliphatic rings. The lowest BCUT2D eigenvalue weighted by Crippen LogP contribution is -2.01. The molecule has 0 aliphatic heterocycles. The van der Waals surface area contributed by atoms with E-state index >= 15 is 0 Å². The Hall–Kier alpha value is -2.62. The smallest absolute Gasteiger partial charge is 0.337 e. The van der Waals surface area contributed by atoms with Crippen LogP contribution in [-0.4, -0.2) is 22.5 Å². The van der Waals surface area contributed by atoms with E-state index in [0.29, 0.717) is 5.56 Å². The van der Waals surface area contributed by atoms with Gasteiger partial charge in [0.25, 0.3) is 0 Å². The highest BCUT2D eigenvalue weighted by Crippen LogP contribution is 2.28. The van der Waals surface area contributed by atoms with Gasteiger partial charge >= 0.3 is 5.97 Å². The molecule has 4 nitrogen and oxygen atoms in total. The standard InChI is InChI=1S/C19H20N2O2/c1-11-9-17-20-18(14(4)21(17)10-13(11)3)16-7-6-15(8-12(16)2)19(22)23-5/h6-10H,1-5H3. The molecule has 0 radical (unpaired) electrons. The summed E-state index contributed by atoms with van der Waals surface area (Å²) in [7, 11) is 1.39. The summed E-state index contributed by atoms with van der Waals surface area (Å²) in [6.45, 7) is 8.25. The van der Waals surface area contributed by atoms with Crippen LogP contribution < -0.4 is 0 Å². The average Bonchev–Trinajstić information content (AvgIpc) is 2.83. The lowest BCUT2D eigenvalue weighted by atomic mass is 10.0. The maximum absolute atomic E-state index is 11.7. The van der Waals surface area contributed by atoms with Gasteiger partial charge in [-0.3, -0.25) is 0 Å². The van der Waals surface area contributed by atoms with Gasteiger partial charge in [0.1, 0.15) is 5.65 Å². The fourth-order valence-electron chi connectivity index (χ4n) is 2.83. The van der Waals surface area contributed by atoms with E-state index in [1.54, 1.807) is 6.07 Å². The Balaban J connectivity index is 2.17. The summed E-state index contributed by atoms with van der Waals surface area (Å²) in [5.41, 5.74) is 8.05. The van der Waals surface area contributed by atoms with Crippen molar-refractivity contribution in [3.8, 4) is 11.3 Å². The first kappa shape index (κ1) is 15.3. The van der Waals surface area contributed by atoms with E-state index in [-0.39, 0.29) is 5.97 Å². The maximum Gasteiger partial charge on any atom is 0.337 e. The van der Waals surface area contributed by atoms with Gasteiger partial charge in [0.15, 0.2) is 0 Å². The van der Waals surface area contributed by atoms with Gasteiger partial charge in [-0.25, -0.2) is 9.78 Å². The topological polar surface area (TPSA) is 43.6 Å². The molecule has 0 atom stereocenters. The molecule has 1 aromatic carbocycles. The van der Waals surface area contributed by atoms with Crippen LogP contribution in [0.25, 0.3) is 16.9 Å². The Labute approximate surface area is 135 Å². The number of aryl methyl sites for hydroxylation is 4. The second kappa shape index (κ2) is 5.54. The van der Waals surface area contributed by atoms with Crippen LogP contribution in [0.2, 0.25) is 0 Å². The summed E-state index contributed by atoms with van der Waals surface area (Å²) in [5.74, 6) is -0.322. The van der Waals surface area contributed by atoms with Crippen molar-refractivity contribution in [2.75, 3.05) is 7.11 Å². The van der Waals surface area contributed by atoms with Crippen molar-refractivity contribution in [2.45, 2.75) is 27.7 Å². The number of benzene rings is 1. The number of carbonyl (C=O) groups is 1. The minimum absolute atomic E-state index is 0.322. The van der Waals surface area contributed by atoms with Crippen molar-refractivity contribution >= 4 is 11.6 Å². The lowest BCUT2D eigenvalue weighted by Gasteiger charge is -2.07. The van der Waals surface area contributed by atoms with Crippen molar-refractivity contribution in [1.29, 1.82) is 0 Å². The number of esters is 1. The molecular formula is C19H20N2O2. The van der Waals surface area contributed by atoms with E-state index in [9.17, 15) is 4.79 Å². The molecule has 0 fully saturated rings. The molecule has 0 bridgehead atoms. The van der Waals surface area contributed by atoms with E-state index < -0.39 is 0 Å². The molecule has 118 valence electrons. The molecule has 3 aromatic rings. The highest BCUT2D eigenvalue weighted by atomic mass is 16.5. The molecule has 0 unspecified atom stereocenters. The van der Waals surface area contributed by atoms with Gasteiger partial charge in [-0.05, 0) is 62.6 Å². The number of fused-ring (bicyclic) bond motifs is 1. The Morgan fingerprint density at radius 3 is 2.43 bits per heavy atom. The molecule has 0 saturated carbocycles. The molecule has 2 heterocycles. The SMILES string of the molecule is COC(=O)c1ccc(-c2nc3cc(C)c(C)cn3c2C)c(C)c1. The van der Waals surface area contributed by atoms with Crippen molar-refractivity contribution in [3.63, 3.8) is 0 Å². The predicted octanol–water partition coefficient (Wildman–Crippen LogP) is 4.02. The fourth-order valence-corrected chi connectivity index (χ4v) is 2.83. The first-order chi connectivity index (χ1) is 10.9. The van der Waals surface area contributed by atoms with Crippen molar-refractivity contribution < 1.29 is 9.53 Å². The summed E-state index contributed by atoms with van der Waals surface area (Å²) < 4.78 is 6.89. The van der Waals surface area contributed by atoms with Crippen LogP contribution >= 0.6 is 0 Å². The largest absolute Gasteiger partial charge is 0.465 e. The van der Waals surface area contributed by atoms with E-state index in [1.165, 1.54) is 18.2 Å². The molecule has 0 aliphatic carbocycles. The first-order valence-corrected chi connectivity index (χ1v) is 7.57. The Kier molecular flexibility index (Phi) is 3.68. The summed E-state index contributed by atoms with van der Waals surface area (Å²) >= 11 is 0. The van der Waals surface area contributed by atoms with Gasteiger partial charge in [-0.2, -0.15) is 0 Å². The molecule has 0 amide bonds. The Morgan fingerprint density at radius 2 is 1.78 bits per heavy atom. The van der Waals surface area contributed by atoms with Gasteiger partial charge in [-0.15, -0.1) is 0 Å². The number of rotatable bonds is 2. The molecule has 0 saturated heterocycles. The quantitative estimate of drug-likeness (QED) is 0.672. The summed E-state index contributed by atoms with van der Waals surface area (Å²) in [5, 5.41) is 0. The predicted molar refractivity (Wildman–Crippen MR) is 90.9 cm³/mol. The molecule has 3 rings (SSSR count). The number of carbonyl (C=O) groups excluding carboxylic acids is 1. The van der Waals surface area contributed by atoms with E-state index in [4.69, 9.17) is 9.72 Å². The van der Waals surface area contributed by atoms with Crippen LogP contribution in [0.5, 0.6) is 0 Å². The van der Waals surface area contributed by atoms with Gasteiger partial charge in [0, 0.05) is 17.5 Å². The number of hydrogen-bond donors (Lipinski definition) is 0. The van der Waals surface area contributed by atoms with E-state index in [1.807, 2.05) is 19.1 Å². The van der Waals surface area contributed by atoms with Crippen molar-refractivity contribution in [3.05, 3.63) is 58.4 Å². The number of pyridine rings is 1. The van der Waals surface area contributed by atoms with Gasteiger partial charge in [-0.1, -0.05) is 6.07 Å². The van der Waals surface area contributed by atoms with Gasteiger partial charge < -0.3 is 9.14 Å². The zero-order chi connectivity index (χ0) is 16.7.